The number of nitrogens with one attached hydrogen (secondary N) is 1. The fourth-order valence-electron chi connectivity index (χ4n) is 4.79. The van der Waals surface area contributed by atoms with Gasteiger partial charge >= 0.3 is 0 Å². The van der Waals surface area contributed by atoms with E-state index in [1.165, 1.54) is 4.68 Å². The number of rotatable bonds is 4. The zero-order valence-corrected chi connectivity index (χ0v) is 20.7. The molecule has 2 aliphatic heterocycles. The number of H-pyrrole nitrogens is 1. The fourth-order valence-corrected chi connectivity index (χ4v) is 5.21. The monoisotopic (exact) mass is 531 g/mol. The van der Waals surface area contributed by atoms with Crippen molar-refractivity contribution in [2.45, 2.75) is 25.1 Å². The summed E-state index contributed by atoms with van der Waals surface area (Å²) in [6, 6.07) is 10.7. The molecule has 0 bridgehead atoms. The van der Waals surface area contributed by atoms with E-state index in [1.807, 2.05) is 35.2 Å². The van der Waals surface area contributed by atoms with Crippen molar-refractivity contribution in [3.05, 3.63) is 87.8 Å². The minimum Gasteiger partial charge on any atom is -0.384 e. The van der Waals surface area contributed by atoms with Gasteiger partial charge in [0.25, 0.3) is 0 Å². The predicted octanol–water partition coefficient (Wildman–Crippen LogP) is 4.25. The molecule has 0 amide bonds. The molecule has 2 atom stereocenters. The van der Waals surface area contributed by atoms with Crippen LogP contribution in [0.25, 0.3) is 22.5 Å². The van der Waals surface area contributed by atoms with Crippen molar-refractivity contribution < 1.29 is 5.11 Å². The van der Waals surface area contributed by atoms with Gasteiger partial charge in [-0.05, 0) is 60.9 Å². The number of aliphatic hydroxyl groups excluding tert-OH is 1. The molecule has 1 saturated heterocycles. The van der Waals surface area contributed by atoms with Crippen molar-refractivity contribution in [1.82, 2.24) is 34.8 Å². The molecule has 0 saturated carbocycles. The molecule has 3 aromatic heterocycles. The third-order valence-corrected chi connectivity index (χ3v) is 6.96. The van der Waals surface area contributed by atoms with E-state index in [2.05, 4.69) is 20.3 Å². The highest BCUT2D eigenvalue weighted by molar-refractivity contribution is 6.32. The largest absolute Gasteiger partial charge is 0.384 e. The lowest BCUT2D eigenvalue weighted by molar-refractivity contribution is 0.0488. The van der Waals surface area contributed by atoms with E-state index in [0.717, 1.165) is 35.2 Å². The summed E-state index contributed by atoms with van der Waals surface area (Å²) in [5, 5.41) is 29.2. The second kappa shape index (κ2) is 9.05. The number of nitrogens with zero attached hydrogens (tertiary/aromatic N) is 7. The normalized spacial score (nSPS) is 18.8. The molecule has 4 aromatic rings. The molecule has 1 aromatic carbocycles. The summed E-state index contributed by atoms with van der Waals surface area (Å²) in [7, 11) is 0. The lowest BCUT2D eigenvalue weighted by Gasteiger charge is -2.33. The van der Waals surface area contributed by atoms with E-state index < -0.39 is 6.23 Å². The molecular weight excluding hydrogens is 513 g/mol. The van der Waals surface area contributed by atoms with Crippen molar-refractivity contribution in [2.75, 3.05) is 5.73 Å². The van der Waals surface area contributed by atoms with Crippen molar-refractivity contribution in [2.24, 2.45) is 0 Å². The van der Waals surface area contributed by atoms with Crippen LogP contribution in [0.3, 0.4) is 0 Å². The molecule has 37 heavy (non-hydrogen) atoms. The van der Waals surface area contributed by atoms with Gasteiger partial charge in [0, 0.05) is 28.0 Å². The van der Waals surface area contributed by atoms with Crippen LogP contribution in [0.5, 0.6) is 0 Å². The highest BCUT2D eigenvalue weighted by atomic mass is 35.5. The van der Waals surface area contributed by atoms with E-state index in [0.29, 0.717) is 33.2 Å². The molecule has 2 aliphatic rings. The van der Waals surface area contributed by atoms with E-state index in [-0.39, 0.29) is 11.7 Å². The van der Waals surface area contributed by atoms with Crippen LogP contribution < -0.4 is 5.73 Å². The molecule has 1 fully saturated rings. The summed E-state index contributed by atoms with van der Waals surface area (Å²) < 4.78 is 1.53. The molecule has 6 rings (SSSR count). The number of aromatic nitrogens is 6. The van der Waals surface area contributed by atoms with Gasteiger partial charge in [-0.25, -0.2) is 14.6 Å². The van der Waals surface area contributed by atoms with Crippen molar-refractivity contribution in [3.8, 4) is 23.0 Å². The van der Waals surface area contributed by atoms with E-state index in [1.54, 1.807) is 30.6 Å². The first-order valence-corrected chi connectivity index (χ1v) is 12.2. The van der Waals surface area contributed by atoms with E-state index in [9.17, 15) is 5.11 Å². The lowest BCUT2D eigenvalue weighted by atomic mass is 9.99. The first-order valence-electron chi connectivity index (χ1n) is 11.4. The summed E-state index contributed by atoms with van der Waals surface area (Å²) in [6.45, 7) is 0. The number of nitrogens with two attached hydrogens (primary N) is 1. The number of aliphatic hydroxyl groups is 1. The number of hydrogen-bond acceptors (Lipinski definition) is 8. The number of nitrogen functional groups attached to an aromatic ring is 1. The summed E-state index contributed by atoms with van der Waals surface area (Å²) in [5.74, 6) is 1.07. The Labute approximate surface area is 221 Å². The maximum atomic E-state index is 11.2. The number of imidazole rings is 1. The number of benzene rings is 1. The predicted molar refractivity (Wildman–Crippen MR) is 138 cm³/mol. The number of aromatic amines is 1. The van der Waals surface area contributed by atoms with Crippen molar-refractivity contribution in [1.29, 1.82) is 5.26 Å². The number of halogens is 2. The van der Waals surface area contributed by atoms with Gasteiger partial charge in [-0.15, -0.1) is 5.10 Å². The van der Waals surface area contributed by atoms with Crippen LogP contribution in [0.4, 0.5) is 5.82 Å². The van der Waals surface area contributed by atoms with E-state index >= 15 is 0 Å². The minimum atomic E-state index is -0.912. The Kier molecular flexibility index (Phi) is 5.68. The highest BCUT2D eigenvalue weighted by Gasteiger charge is 2.37. The smallest absolute Gasteiger partial charge is 0.183 e. The standard InChI is InChI=1S/C25H19Cl2N9O/c26-15-2-4-19(35-12-16(10-28)33-34-35)18(9-15)14-7-17-3-5-20(36(17)22(37)8-14)25-31-23(24(27)32-25)13-1-6-21(29)30-11-13/h1-2,4,6-9,11-12,20,22,37H,3,5H2,(H2,29,30)(H,31,32)/t20-,22?/m0/s1. The summed E-state index contributed by atoms with van der Waals surface area (Å²) >= 11 is 12.8. The van der Waals surface area contributed by atoms with Crippen LogP contribution >= 0.6 is 23.2 Å². The topological polar surface area (TPSA) is 146 Å². The van der Waals surface area contributed by atoms with Crippen molar-refractivity contribution >= 4 is 34.6 Å². The maximum absolute atomic E-state index is 11.2. The van der Waals surface area contributed by atoms with Crippen LogP contribution in [-0.4, -0.2) is 46.2 Å². The molecule has 184 valence electrons. The molecule has 0 radical (unpaired) electrons. The Morgan fingerprint density at radius 2 is 2.08 bits per heavy atom. The van der Waals surface area contributed by atoms with Gasteiger partial charge in [-0.1, -0.05) is 28.4 Å². The zero-order valence-electron chi connectivity index (χ0n) is 19.2. The third kappa shape index (κ3) is 4.13. The number of anilines is 1. The summed E-state index contributed by atoms with van der Waals surface area (Å²) in [5.41, 5.74) is 10.4. The van der Waals surface area contributed by atoms with E-state index in [4.69, 9.17) is 39.2 Å². The van der Waals surface area contributed by atoms with Crippen LogP contribution in [0, 0.1) is 11.3 Å². The molecule has 12 heteroatoms. The second-order valence-corrected chi connectivity index (χ2v) is 9.53. The molecular formula is C25H19Cl2N9O. The second-order valence-electron chi connectivity index (χ2n) is 8.71. The number of hydrogen-bond donors (Lipinski definition) is 3. The number of pyridine rings is 1. The fraction of sp³-hybridized carbons (Fsp3) is 0.160. The quantitative estimate of drug-likeness (QED) is 0.354. The van der Waals surface area contributed by atoms with Crippen LogP contribution in [-0.2, 0) is 0 Å². The molecule has 5 heterocycles. The minimum absolute atomic E-state index is 0.195. The maximum Gasteiger partial charge on any atom is 0.183 e. The molecule has 1 unspecified atom stereocenters. The SMILES string of the molecule is N#Cc1cn(-c2ccc(Cl)cc2C2=CC(O)N3C(=C2)CC[C@H]3c2nc(-c3ccc(N)nc3)c(Cl)[nH]2)nn1. The van der Waals surface area contributed by atoms with Gasteiger partial charge in [-0.3, -0.25) is 0 Å². The molecule has 0 spiro atoms. The Morgan fingerprint density at radius 1 is 1.22 bits per heavy atom. The Balaban J connectivity index is 1.33. The van der Waals surface area contributed by atoms with Gasteiger partial charge in [0.1, 0.15) is 34.8 Å². The van der Waals surface area contributed by atoms with Gasteiger partial charge < -0.3 is 20.7 Å². The summed E-state index contributed by atoms with van der Waals surface area (Å²) in [6.07, 6.45) is 7.52. The van der Waals surface area contributed by atoms with Gasteiger partial charge in [-0.2, -0.15) is 5.26 Å². The zero-order chi connectivity index (χ0) is 25.7. The van der Waals surface area contributed by atoms with Crippen LogP contribution in [0.2, 0.25) is 10.2 Å². The molecule has 10 nitrogen and oxygen atoms in total. The van der Waals surface area contributed by atoms with Gasteiger partial charge in [0.15, 0.2) is 5.69 Å². The Hall–Kier alpha value is -4.17. The molecule has 4 N–H and O–H groups in total. The van der Waals surface area contributed by atoms with Crippen LogP contribution in [0.1, 0.15) is 36.0 Å². The average molecular weight is 532 g/mol. The number of nitriles is 1. The Bertz CT molecular complexity index is 1610. The molecule has 0 aliphatic carbocycles. The number of allylic oxidation sites excluding steroid dienone is 3. The number of fused-ring (bicyclic) bond motifs is 1. The average Bonchev–Trinajstić information content (AvgIpc) is 3.63. The third-order valence-electron chi connectivity index (χ3n) is 6.45. The van der Waals surface area contributed by atoms with Crippen molar-refractivity contribution in [3.63, 3.8) is 0 Å². The van der Waals surface area contributed by atoms with Gasteiger partial charge in [0.05, 0.1) is 17.9 Å². The Morgan fingerprint density at radius 3 is 2.84 bits per heavy atom. The van der Waals surface area contributed by atoms with Gasteiger partial charge in [0.2, 0.25) is 0 Å². The first-order chi connectivity index (χ1) is 17.9. The summed E-state index contributed by atoms with van der Waals surface area (Å²) in [4.78, 5) is 14.0. The lowest BCUT2D eigenvalue weighted by Crippen LogP contribution is -2.34. The van der Waals surface area contributed by atoms with Crippen LogP contribution in [0.15, 0.2) is 60.6 Å². The highest BCUT2D eigenvalue weighted by Crippen LogP contribution is 2.44. The first kappa shape index (κ1) is 23.2.